The van der Waals surface area contributed by atoms with Gasteiger partial charge in [0.2, 0.25) is 5.91 Å². The Morgan fingerprint density at radius 1 is 1.48 bits per heavy atom. The van der Waals surface area contributed by atoms with Crippen LogP contribution in [0.1, 0.15) is 37.2 Å². The fraction of sp³-hybridized carbons (Fsp3) is 0.600. The molecule has 1 fully saturated rings. The zero-order chi connectivity index (χ0) is 15.2. The molecule has 1 unspecified atom stereocenters. The van der Waals surface area contributed by atoms with Crippen LogP contribution in [0.15, 0.2) is 18.3 Å². The fourth-order valence-corrected chi connectivity index (χ4v) is 2.54. The number of hydrogen-bond acceptors (Lipinski definition) is 4. The third kappa shape index (κ3) is 4.68. The van der Waals surface area contributed by atoms with Gasteiger partial charge >= 0.3 is 0 Å². The van der Waals surface area contributed by atoms with E-state index in [0.29, 0.717) is 11.7 Å². The Hall–Kier alpha value is -1.66. The summed E-state index contributed by atoms with van der Waals surface area (Å²) in [5.74, 6) is -0.644. The van der Waals surface area contributed by atoms with Crippen molar-refractivity contribution in [3.63, 3.8) is 0 Å². The van der Waals surface area contributed by atoms with Crippen LogP contribution in [0.3, 0.4) is 0 Å². The quantitative estimate of drug-likeness (QED) is 0.722. The molecule has 2 heterocycles. The van der Waals surface area contributed by atoms with E-state index in [1.54, 1.807) is 18.3 Å². The lowest BCUT2D eigenvalue weighted by atomic mass is 10.2. The number of nitrogens with one attached hydrogen (secondary N) is 3. The van der Waals surface area contributed by atoms with Gasteiger partial charge in [0.1, 0.15) is 5.69 Å². The van der Waals surface area contributed by atoms with Gasteiger partial charge in [-0.15, -0.1) is 0 Å². The Labute approximate surface area is 125 Å². The zero-order valence-corrected chi connectivity index (χ0v) is 12.7. The Kier molecular flexibility index (Phi) is 5.52. The Balaban J connectivity index is 1.84. The number of imide groups is 1. The molecule has 2 amide bonds. The standard InChI is InChI=1S/C15H24N4O2/c1-11(2)19(9-12-5-3-7-16-12)10-14(20)18-15(21)13-6-4-8-17-13/h4,6,8,11-12,16-17H,3,5,7,9-10H2,1-2H3,(H,18,20,21). The lowest BCUT2D eigenvalue weighted by Crippen LogP contribution is -2.47. The van der Waals surface area contributed by atoms with Gasteiger partial charge < -0.3 is 10.3 Å². The molecular weight excluding hydrogens is 268 g/mol. The molecule has 0 spiro atoms. The minimum atomic E-state index is -0.382. The van der Waals surface area contributed by atoms with Crippen molar-refractivity contribution in [3.8, 4) is 0 Å². The summed E-state index contributed by atoms with van der Waals surface area (Å²) in [6, 6.07) is 4.08. The molecule has 3 N–H and O–H groups in total. The number of aromatic nitrogens is 1. The highest BCUT2D eigenvalue weighted by molar-refractivity contribution is 6.04. The van der Waals surface area contributed by atoms with Crippen LogP contribution in [0.4, 0.5) is 0 Å². The van der Waals surface area contributed by atoms with Crippen LogP contribution in [-0.2, 0) is 4.79 Å². The third-order valence-electron chi connectivity index (χ3n) is 3.79. The summed E-state index contributed by atoms with van der Waals surface area (Å²) in [5, 5.41) is 5.85. The van der Waals surface area contributed by atoms with Gasteiger partial charge in [0.15, 0.2) is 0 Å². The van der Waals surface area contributed by atoms with Crippen LogP contribution in [0.5, 0.6) is 0 Å². The average molecular weight is 292 g/mol. The summed E-state index contributed by atoms with van der Waals surface area (Å²) in [6.07, 6.45) is 3.99. The first kappa shape index (κ1) is 15.7. The van der Waals surface area contributed by atoms with E-state index >= 15 is 0 Å². The lowest BCUT2D eigenvalue weighted by molar-refractivity contribution is -0.121. The van der Waals surface area contributed by atoms with Crippen molar-refractivity contribution in [2.75, 3.05) is 19.6 Å². The highest BCUT2D eigenvalue weighted by atomic mass is 16.2. The molecule has 1 aromatic heterocycles. The minimum Gasteiger partial charge on any atom is -0.357 e. The van der Waals surface area contributed by atoms with Crippen LogP contribution in [0, 0.1) is 0 Å². The second kappa shape index (κ2) is 7.38. The Morgan fingerprint density at radius 3 is 2.86 bits per heavy atom. The van der Waals surface area contributed by atoms with Crippen LogP contribution in [0.2, 0.25) is 0 Å². The van der Waals surface area contributed by atoms with Gasteiger partial charge in [0, 0.05) is 24.8 Å². The third-order valence-corrected chi connectivity index (χ3v) is 3.79. The van der Waals surface area contributed by atoms with E-state index in [9.17, 15) is 9.59 Å². The average Bonchev–Trinajstić information content (AvgIpc) is 3.10. The van der Waals surface area contributed by atoms with E-state index in [-0.39, 0.29) is 24.4 Å². The van der Waals surface area contributed by atoms with Gasteiger partial charge in [-0.05, 0) is 45.4 Å². The number of aromatic amines is 1. The number of carbonyl (C=O) groups excluding carboxylic acids is 2. The molecule has 2 rings (SSSR count). The van der Waals surface area contributed by atoms with Gasteiger partial charge in [-0.3, -0.25) is 19.8 Å². The Morgan fingerprint density at radius 2 is 2.29 bits per heavy atom. The molecule has 6 nitrogen and oxygen atoms in total. The van der Waals surface area contributed by atoms with E-state index in [1.807, 2.05) is 0 Å². The SMILES string of the molecule is CC(C)N(CC(=O)NC(=O)c1ccc[nH]1)CC1CCCN1. The second-order valence-corrected chi connectivity index (χ2v) is 5.78. The predicted octanol–water partition coefficient (Wildman–Crippen LogP) is 0.734. The first-order valence-electron chi connectivity index (χ1n) is 7.51. The summed E-state index contributed by atoms with van der Waals surface area (Å²) < 4.78 is 0. The summed E-state index contributed by atoms with van der Waals surface area (Å²) in [6.45, 7) is 6.25. The smallest absolute Gasteiger partial charge is 0.274 e. The van der Waals surface area contributed by atoms with Crippen LogP contribution in [-0.4, -0.2) is 53.4 Å². The molecule has 1 aliphatic heterocycles. The highest BCUT2D eigenvalue weighted by Crippen LogP contribution is 2.09. The number of nitrogens with zero attached hydrogens (tertiary/aromatic N) is 1. The van der Waals surface area contributed by atoms with Gasteiger partial charge in [-0.1, -0.05) is 0 Å². The van der Waals surface area contributed by atoms with Crippen molar-refractivity contribution in [1.82, 2.24) is 20.5 Å². The summed E-state index contributed by atoms with van der Waals surface area (Å²) in [7, 11) is 0. The molecule has 21 heavy (non-hydrogen) atoms. The molecule has 6 heteroatoms. The second-order valence-electron chi connectivity index (χ2n) is 5.78. The van der Waals surface area contributed by atoms with E-state index in [1.165, 1.54) is 6.42 Å². The molecule has 0 bridgehead atoms. The predicted molar refractivity (Wildman–Crippen MR) is 81.0 cm³/mol. The molecule has 1 aromatic rings. The van der Waals surface area contributed by atoms with Crippen molar-refractivity contribution in [3.05, 3.63) is 24.0 Å². The van der Waals surface area contributed by atoms with E-state index in [2.05, 4.69) is 34.4 Å². The van der Waals surface area contributed by atoms with Crippen molar-refractivity contribution in [2.45, 2.75) is 38.8 Å². The fourth-order valence-electron chi connectivity index (χ4n) is 2.54. The molecule has 1 aliphatic rings. The Bertz CT molecular complexity index is 464. The van der Waals surface area contributed by atoms with Crippen molar-refractivity contribution >= 4 is 11.8 Å². The number of hydrogen-bond donors (Lipinski definition) is 3. The van der Waals surface area contributed by atoms with Crippen LogP contribution in [0.25, 0.3) is 0 Å². The maximum Gasteiger partial charge on any atom is 0.274 e. The molecule has 0 radical (unpaired) electrons. The first-order valence-corrected chi connectivity index (χ1v) is 7.51. The minimum absolute atomic E-state index is 0.238. The molecule has 0 aromatic carbocycles. The van der Waals surface area contributed by atoms with E-state index < -0.39 is 0 Å². The van der Waals surface area contributed by atoms with Crippen LogP contribution < -0.4 is 10.6 Å². The molecular formula is C15H24N4O2. The summed E-state index contributed by atoms with van der Waals surface area (Å²) in [4.78, 5) is 28.7. The van der Waals surface area contributed by atoms with Crippen molar-refractivity contribution < 1.29 is 9.59 Å². The first-order chi connectivity index (χ1) is 10.1. The lowest BCUT2D eigenvalue weighted by Gasteiger charge is -2.28. The maximum absolute atomic E-state index is 12.0. The number of amides is 2. The van der Waals surface area contributed by atoms with Gasteiger partial charge in [0.05, 0.1) is 6.54 Å². The topological polar surface area (TPSA) is 77.2 Å². The normalized spacial score (nSPS) is 18.4. The van der Waals surface area contributed by atoms with Crippen LogP contribution >= 0.6 is 0 Å². The van der Waals surface area contributed by atoms with E-state index in [4.69, 9.17) is 0 Å². The van der Waals surface area contributed by atoms with Gasteiger partial charge in [-0.2, -0.15) is 0 Å². The van der Waals surface area contributed by atoms with Gasteiger partial charge in [0.25, 0.3) is 5.91 Å². The molecule has 1 atom stereocenters. The zero-order valence-electron chi connectivity index (χ0n) is 12.7. The molecule has 0 saturated carbocycles. The number of H-pyrrole nitrogens is 1. The number of carbonyl (C=O) groups is 2. The monoisotopic (exact) mass is 292 g/mol. The summed E-state index contributed by atoms with van der Waals surface area (Å²) >= 11 is 0. The van der Waals surface area contributed by atoms with E-state index in [0.717, 1.165) is 19.5 Å². The van der Waals surface area contributed by atoms with Gasteiger partial charge in [-0.25, -0.2) is 0 Å². The highest BCUT2D eigenvalue weighted by Gasteiger charge is 2.22. The number of rotatable bonds is 6. The maximum atomic E-state index is 12.0. The largest absolute Gasteiger partial charge is 0.357 e. The molecule has 116 valence electrons. The van der Waals surface area contributed by atoms with Crippen molar-refractivity contribution in [2.24, 2.45) is 0 Å². The molecule has 1 saturated heterocycles. The molecule has 0 aliphatic carbocycles. The van der Waals surface area contributed by atoms with Crippen molar-refractivity contribution in [1.29, 1.82) is 0 Å². The summed E-state index contributed by atoms with van der Waals surface area (Å²) in [5.41, 5.74) is 0.400.